The Hall–Kier alpha value is -3.92. The van der Waals surface area contributed by atoms with Crippen LogP contribution in [0.15, 0.2) is 84.9 Å². The van der Waals surface area contributed by atoms with Crippen molar-refractivity contribution in [1.82, 2.24) is 0 Å². The molecule has 32 heavy (non-hydrogen) atoms. The molecule has 4 heteroatoms. The second-order valence-electron chi connectivity index (χ2n) is 7.31. The maximum absolute atomic E-state index is 12.1. The molecule has 4 nitrogen and oxygen atoms in total. The third-order valence-corrected chi connectivity index (χ3v) is 4.72. The third-order valence-electron chi connectivity index (χ3n) is 4.72. The molecular formula is C28H26O4. The van der Waals surface area contributed by atoms with Gasteiger partial charge in [0.2, 0.25) is 0 Å². The van der Waals surface area contributed by atoms with E-state index in [0.717, 1.165) is 23.1 Å². The van der Waals surface area contributed by atoms with Gasteiger partial charge in [0.25, 0.3) is 0 Å². The van der Waals surface area contributed by atoms with E-state index in [4.69, 9.17) is 9.47 Å². The van der Waals surface area contributed by atoms with Crippen LogP contribution in [-0.2, 0) is 20.7 Å². The summed E-state index contributed by atoms with van der Waals surface area (Å²) in [6.07, 6.45) is 6.98. The van der Waals surface area contributed by atoms with Gasteiger partial charge >= 0.3 is 11.9 Å². The molecule has 0 amide bonds. The summed E-state index contributed by atoms with van der Waals surface area (Å²) in [4.78, 5) is 23.5. The number of hydrogen-bond donors (Lipinski definition) is 0. The number of carbonyl (C=O) groups excluding carboxylic acids is 2. The summed E-state index contributed by atoms with van der Waals surface area (Å²) in [6.45, 7) is 4.18. The van der Waals surface area contributed by atoms with Gasteiger partial charge < -0.3 is 9.47 Å². The quantitative estimate of drug-likeness (QED) is 0.260. The minimum absolute atomic E-state index is 0.348. The van der Waals surface area contributed by atoms with Gasteiger partial charge in [-0.05, 0) is 66.8 Å². The third kappa shape index (κ3) is 7.40. The van der Waals surface area contributed by atoms with Crippen LogP contribution < -0.4 is 4.74 Å². The van der Waals surface area contributed by atoms with Gasteiger partial charge in [0.1, 0.15) is 5.75 Å². The molecule has 0 unspecified atom stereocenters. The lowest BCUT2D eigenvalue weighted by Gasteiger charge is -2.05. The summed E-state index contributed by atoms with van der Waals surface area (Å²) in [6, 6.07) is 23.4. The minimum Gasteiger partial charge on any atom is -0.463 e. The molecule has 0 aromatic heterocycles. The van der Waals surface area contributed by atoms with E-state index in [2.05, 4.69) is 31.2 Å². The van der Waals surface area contributed by atoms with Gasteiger partial charge in [0, 0.05) is 12.2 Å². The van der Waals surface area contributed by atoms with Crippen molar-refractivity contribution in [3.8, 4) is 5.75 Å². The predicted octanol–water partition coefficient (Wildman–Crippen LogP) is 5.78. The van der Waals surface area contributed by atoms with Crippen molar-refractivity contribution in [3.63, 3.8) is 0 Å². The van der Waals surface area contributed by atoms with Crippen LogP contribution in [0.5, 0.6) is 5.75 Å². The fourth-order valence-corrected chi connectivity index (χ4v) is 3.00. The number of rotatable bonds is 8. The topological polar surface area (TPSA) is 52.6 Å². The number of carbonyl (C=O) groups is 2. The first-order valence-corrected chi connectivity index (χ1v) is 10.5. The first-order chi connectivity index (χ1) is 15.5. The van der Waals surface area contributed by atoms with Crippen LogP contribution in [-0.4, -0.2) is 18.5 Å². The highest BCUT2D eigenvalue weighted by molar-refractivity contribution is 5.89. The van der Waals surface area contributed by atoms with Gasteiger partial charge in [-0.2, -0.15) is 0 Å². The van der Waals surface area contributed by atoms with E-state index in [0.29, 0.717) is 12.4 Å². The van der Waals surface area contributed by atoms with E-state index in [-0.39, 0.29) is 5.97 Å². The Bertz CT molecular complexity index is 1090. The van der Waals surface area contributed by atoms with Crippen molar-refractivity contribution in [2.75, 3.05) is 6.61 Å². The predicted molar refractivity (Wildman–Crippen MR) is 127 cm³/mol. The summed E-state index contributed by atoms with van der Waals surface area (Å²) in [7, 11) is 0. The van der Waals surface area contributed by atoms with E-state index in [1.807, 2.05) is 36.4 Å². The summed E-state index contributed by atoms with van der Waals surface area (Å²) < 4.78 is 10.2. The zero-order valence-corrected chi connectivity index (χ0v) is 18.3. The minimum atomic E-state index is -0.442. The van der Waals surface area contributed by atoms with E-state index in [1.165, 1.54) is 23.3 Å². The number of esters is 2. The molecule has 0 aliphatic rings. The van der Waals surface area contributed by atoms with E-state index in [9.17, 15) is 9.59 Å². The van der Waals surface area contributed by atoms with Crippen LogP contribution in [0.4, 0.5) is 0 Å². The van der Waals surface area contributed by atoms with Crippen molar-refractivity contribution < 1.29 is 19.1 Å². The maximum Gasteiger partial charge on any atom is 0.336 e. The van der Waals surface area contributed by atoms with Crippen LogP contribution in [0.1, 0.15) is 34.7 Å². The Morgan fingerprint density at radius 2 is 1.22 bits per heavy atom. The van der Waals surface area contributed by atoms with Crippen molar-refractivity contribution in [1.29, 1.82) is 0 Å². The van der Waals surface area contributed by atoms with Crippen LogP contribution in [0, 0.1) is 6.92 Å². The number of aryl methyl sites for hydroxylation is 1. The molecule has 3 aromatic carbocycles. The van der Waals surface area contributed by atoms with Crippen molar-refractivity contribution >= 4 is 24.1 Å². The molecule has 3 aromatic rings. The van der Waals surface area contributed by atoms with Gasteiger partial charge in [-0.3, -0.25) is 0 Å². The first kappa shape index (κ1) is 22.8. The highest BCUT2D eigenvalue weighted by Crippen LogP contribution is 2.16. The standard InChI is InChI=1S/C28H26O4/c1-3-31-27(29)18-14-22-8-10-23(11-9-22)15-19-28(30)32-26-16-12-25(13-17-26)20-24-6-4-21(2)5-7-24/h4-19H,3,20H2,1-2H3/b18-14+,19-15+. The van der Waals surface area contributed by atoms with Crippen molar-refractivity contribution in [2.45, 2.75) is 20.3 Å². The van der Waals surface area contributed by atoms with Crippen molar-refractivity contribution in [2.24, 2.45) is 0 Å². The molecule has 0 aliphatic carbocycles. The molecule has 0 saturated carbocycles. The van der Waals surface area contributed by atoms with Gasteiger partial charge in [0.05, 0.1) is 6.61 Å². The lowest BCUT2D eigenvalue weighted by atomic mass is 10.0. The van der Waals surface area contributed by atoms with E-state index >= 15 is 0 Å². The normalized spacial score (nSPS) is 11.1. The molecule has 0 radical (unpaired) electrons. The zero-order chi connectivity index (χ0) is 22.8. The van der Waals surface area contributed by atoms with Gasteiger partial charge in [0.15, 0.2) is 0 Å². The number of benzene rings is 3. The van der Waals surface area contributed by atoms with Crippen LogP contribution >= 0.6 is 0 Å². The Balaban J connectivity index is 1.51. The summed E-state index contributed by atoms with van der Waals surface area (Å²) in [5.74, 6) is -0.309. The Kier molecular flexibility index (Phi) is 8.15. The number of hydrogen-bond acceptors (Lipinski definition) is 4. The van der Waals surface area contributed by atoms with Crippen LogP contribution in [0.25, 0.3) is 12.2 Å². The van der Waals surface area contributed by atoms with Gasteiger partial charge in [-0.25, -0.2) is 9.59 Å². The lowest BCUT2D eigenvalue weighted by Crippen LogP contribution is -2.03. The fourth-order valence-electron chi connectivity index (χ4n) is 3.00. The smallest absolute Gasteiger partial charge is 0.336 e. The average molecular weight is 427 g/mol. The SMILES string of the molecule is CCOC(=O)/C=C/c1ccc(/C=C/C(=O)Oc2ccc(Cc3ccc(C)cc3)cc2)cc1. The second kappa shape index (κ2) is 11.5. The molecule has 0 fully saturated rings. The molecule has 0 atom stereocenters. The second-order valence-corrected chi connectivity index (χ2v) is 7.31. The molecule has 0 heterocycles. The molecule has 0 aliphatic heterocycles. The highest BCUT2D eigenvalue weighted by Gasteiger charge is 2.02. The largest absolute Gasteiger partial charge is 0.463 e. The monoisotopic (exact) mass is 426 g/mol. The van der Waals surface area contributed by atoms with Crippen LogP contribution in [0.2, 0.25) is 0 Å². The summed E-state index contributed by atoms with van der Waals surface area (Å²) >= 11 is 0. The highest BCUT2D eigenvalue weighted by atomic mass is 16.5. The molecule has 0 bridgehead atoms. The maximum atomic E-state index is 12.1. The molecule has 0 spiro atoms. The summed E-state index contributed by atoms with van der Waals surface area (Å²) in [5, 5.41) is 0. The Labute approximate surface area is 188 Å². The van der Waals surface area contributed by atoms with Crippen LogP contribution in [0.3, 0.4) is 0 Å². The molecule has 0 N–H and O–H groups in total. The molecule has 3 rings (SSSR count). The fraction of sp³-hybridized carbons (Fsp3) is 0.143. The lowest BCUT2D eigenvalue weighted by molar-refractivity contribution is -0.137. The Morgan fingerprint density at radius 1 is 0.719 bits per heavy atom. The van der Waals surface area contributed by atoms with Crippen molar-refractivity contribution in [3.05, 3.63) is 113 Å². The van der Waals surface area contributed by atoms with Gasteiger partial charge in [-0.15, -0.1) is 0 Å². The zero-order valence-electron chi connectivity index (χ0n) is 18.3. The van der Waals surface area contributed by atoms with Gasteiger partial charge in [-0.1, -0.05) is 66.2 Å². The number of ether oxygens (including phenoxy) is 2. The molecule has 162 valence electrons. The molecule has 0 saturated heterocycles. The Morgan fingerprint density at radius 3 is 1.75 bits per heavy atom. The average Bonchev–Trinajstić information content (AvgIpc) is 2.80. The summed E-state index contributed by atoms with van der Waals surface area (Å²) in [5.41, 5.74) is 5.35. The first-order valence-electron chi connectivity index (χ1n) is 10.5. The molecular weight excluding hydrogens is 400 g/mol. The van der Waals surface area contributed by atoms with E-state index < -0.39 is 5.97 Å². The van der Waals surface area contributed by atoms with E-state index in [1.54, 1.807) is 31.2 Å².